The van der Waals surface area contributed by atoms with Crippen molar-refractivity contribution in [2.45, 2.75) is 26.4 Å². The van der Waals surface area contributed by atoms with Crippen molar-refractivity contribution in [1.82, 2.24) is 4.98 Å². The van der Waals surface area contributed by atoms with Crippen LogP contribution in [0.4, 0.5) is 6.01 Å². The first kappa shape index (κ1) is 11.5. The predicted molar refractivity (Wildman–Crippen MR) is 65.9 cm³/mol. The largest absolute Gasteiger partial charge is 0.491 e. The Morgan fingerprint density at radius 2 is 2.00 bits per heavy atom. The maximum absolute atomic E-state index is 5.57. The van der Waals surface area contributed by atoms with Crippen LogP contribution in [-0.4, -0.2) is 11.1 Å². The van der Waals surface area contributed by atoms with Gasteiger partial charge in [-0.1, -0.05) is 12.1 Å². The topological polar surface area (TPSA) is 61.3 Å². The van der Waals surface area contributed by atoms with Crippen molar-refractivity contribution in [3.8, 4) is 5.75 Å². The molecule has 4 heteroatoms. The molecule has 4 nitrogen and oxygen atoms in total. The molecule has 0 bridgehead atoms. The molecule has 1 aromatic carbocycles. The van der Waals surface area contributed by atoms with Crippen molar-refractivity contribution >= 4 is 6.01 Å². The summed E-state index contributed by atoms with van der Waals surface area (Å²) in [7, 11) is 0. The number of hydrogen-bond donors (Lipinski definition) is 1. The number of oxazole rings is 1. The van der Waals surface area contributed by atoms with Gasteiger partial charge < -0.3 is 14.9 Å². The van der Waals surface area contributed by atoms with Gasteiger partial charge in [0.15, 0.2) is 0 Å². The van der Waals surface area contributed by atoms with Crippen LogP contribution in [-0.2, 0) is 6.42 Å². The first-order valence-electron chi connectivity index (χ1n) is 5.59. The molecule has 90 valence electrons. The van der Waals surface area contributed by atoms with Crippen molar-refractivity contribution < 1.29 is 9.15 Å². The van der Waals surface area contributed by atoms with Crippen molar-refractivity contribution in [3.05, 3.63) is 41.8 Å². The molecule has 0 radical (unpaired) electrons. The van der Waals surface area contributed by atoms with E-state index < -0.39 is 0 Å². The molecule has 0 aliphatic heterocycles. The second-order valence-electron chi connectivity index (χ2n) is 4.15. The van der Waals surface area contributed by atoms with E-state index >= 15 is 0 Å². The first-order valence-corrected chi connectivity index (χ1v) is 5.59. The lowest BCUT2D eigenvalue weighted by Gasteiger charge is -2.09. The van der Waals surface area contributed by atoms with E-state index in [9.17, 15) is 0 Å². The third-order valence-corrected chi connectivity index (χ3v) is 2.24. The van der Waals surface area contributed by atoms with Gasteiger partial charge in [0.1, 0.15) is 11.5 Å². The SMILES string of the molecule is CC(C)Oc1ccc(Cc2cnc(N)o2)cc1. The fourth-order valence-electron chi connectivity index (χ4n) is 1.56. The zero-order chi connectivity index (χ0) is 12.3. The lowest BCUT2D eigenvalue weighted by Crippen LogP contribution is -2.05. The van der Waals surface area contributed by atoms with E-state index in [-0.39, 0.29) is 12.1 Å². The second-order valence-corrected chi connectivity index (χ2v) is 4.15. The van der Waals surface area contributed by atoms with Gasteiger partial charge in [-0.25, -0.2) is 4.98 Å². The lowest BCUT2D eigenvalue weighted by molar-refractivity contribution is 0.242. The van der Waals surface area contributed by atoms with E-state index in [1.165, 1.54) is 0 Å². The highest BCUT2D eigenvalue weighted by atomic mass is 16.5. The molecule has 0 aliphatic rings. The molecular formula is C13H16N2O2. The Morgan fingerprint density at radius 3 is 2.53 bits per heavy atom. The number of rotatable bonds is 4. The van der Waals surface area contributed by atoms with Gasteiger partial charge in [0.25, 0.3) is 6.01 Å². The van der Waals surface area contributed by atoms with E-state index in [1.54, 1.807) is 6.20 Å². The summed E-state index contributed by atoms with van der Waals surface area (Å²) in [6.45, 7) is 4.01. The van der Waals surface area contributed by atoms with Gasteiger partial charge >= 0.3 is 0 Å². The maximum atomic E-state index is 5.57. The van der Waals surface area contributed by atoms with Crippen LogP contribution in [0.15, 0.2) is 34.9 Å². The average molecular weight is 232 g/mol. The van der Waals surface area contributed by atoms with Gasteiger partial charge in [-0.3, -0.25) is 0 Å². The normalized spacial score (nSPS) is 10.8. The van der Waals surface area contributed by atoms with E-state index in [4.69, 9.17) is 14.9 Å². The Hall–Kier alpha value is -1.97. The summed E-state index contributed by atoms with van der Waals surface area (Å²) in [5, 5.41) is 0. The number of hydrogen-bond acceptors (Lipinski definition) is 4. The summed E-state index contributed by atoms with van der Waals surface area (Å²) in [5.74, 6) is 1.64. The number of nitrogen functional groups attached to an aromatic ring is 1. The number of anilines is 1. The molecule has 2 rings (SSSR count). The van der Waals surface area contributed by atoms with Crippen LogP contribution in [0.2, 0.25) is 0 Å². The van der Waals surface area contributed by atoms with Crippen molar-refractivity contribution in [3.63, 3.8) is 0 Å². The molecule has 2 N–H and O–H groups in total. The summed E-state index contributed by atoms with van der Waals surface area (Å²) in [6.07, 6.45) is 2.52. The van der Waals surface area contributed by atoms with Gasteiger partial charge in [-0.05, 0) is 31.5 Å². The first-order chi connectivity index (χ1) is 8.13. The molecular weight excluding hydrogens is 216 g/mol. The summed E-state index contributed by atoms with van der Waals surface area (Å²) in [6, 6.07) is 8.14. The minimum absolute atomic E-state index is 0.190. The van der Waals surface area contributed by atoms with Gasteiger partial charge in [0, 0.05) is 6.42 Å². The van der Waals surface area contributed by atoms with Crippen LogP contribution >= 0.6 is 0 Å². The molecule has 0 spiro atoms. The number of aromatic nitrogens is 1. The molecule has 17 heavy (non-hydrogen) atoms. The third kappa shape index (κ3) is 3.24. The quantitative estimate of drug-likeness (QED) is 0.880. The number of nitrogens with zero attached hydrogens (tertiary/aromatic N) is 1. The van der Waals surface area contributed by atoms with Crippen LogP contribution in [0.5, 0.6) is 5.75 Å². The highest BCUT2D eigenvalue weighted by Gasteiger charge is 2.03. The average Bonchev–Trinajstić information content (AvgIpc) is 2.66. The molecule has 0 fully saturated rings. The molecule has 1 aromatic heterocycles. The van der Waals surface area contributed by atoms with E-state index in [0.29, 0.717) is 6.42 Å². The number of nitrogens with two attached hydrogens (primary N) is 1. The van der Waals surface area contributed by atoms with Crippen LogP contribution in [0.25, 0.3) is 0 Å². The molecule has 0 atom stereocenters. The molecule has 0 saturated heterocycles. The minimum Gasteiger partial charge on any atom is -0.491 e. The predicted octanol–water partition coefficient (Wildman–Crippen LogP) is 2.63. The highest BCUT2D eigenvalue weighted by Crippen LogP contribution is 2.17. The molecule has 2 aromatic rings. The van der Waals surface area contributed by atoms with E-state index in [1.807, 2.05) is 38.1 Å². The molecule has 1 heterocycles. The Kier molecular flexibility index (Phi) is 3.32. The van der Waals surface area contributed by atoms with E-state index in [0.717, 1.165) is 17.1 Å². The van der Waals surface area contributed by atoms with Crippen LogP contribution in [0, 0.1) is 0 Å². The zero-order valence-corrected chi connectivity index (χ0v) is 10.0. The Balaban J connectivity index is 2.03. The van der Waals surface area contributed by atoms with Crippen molar-refractivity contribution in [1.29, 1.82) is 0 Å². The van der Waals surface area contributed by atoms with Crippen LogP contribution in [0.3, 0.4) is 0 Å². The monoisotopic (exact) mass is 232 g/mol. The fourth-order valence-corrected chi connectivity index (χ4v) is 1.56. The minimum atomic E-state index is 0.190. The van der Waals surface area contributed by atoms with Gasteiger partial charge in [0.05, 0.1) is 12.3 Å². The van der Waals surface area contributed by atoms with Crippen LogP contribution in [0.1, 0.15) is 25.2 Å². The fraction of sp³-hybridized carbons (Fsp3) is 0.308. The lowest BCUT2D eigenvalue weighted by atomic mass is 10.1. The number of ether oxygens (including phenoxy) is 1. The molecule has 0 aliphatic carbocycles. The van der Waals surface area contributed by atoms with Crippen molar-refractivity contribution in [2.24, 2.45) is 0 Å². The van der Waals surface area contributed by atoms with Gasteiger partial charge in [0.2, 0.25) is 0 Å². The summed E-state index contributed by atoms with van der Waals surface area (Å²) in [5.41, 5.74) is 6.55. The summed E-state index contributed by atoms with van der Waals surface area (Å²) in [4.78, 5) is 3.86. The van der Waals surface area contributed by atoms with Crippen molar-refractivity contribution in [2.75, 3.05) is 5.73 Å². The molecule has 0 unspecified atom stereocenters. The Labute approximate surface area is 100 Å². The smallest absolute Gasteiger partial charge is 0.292 e. The molecule has 0 amide bonds. The highest BCUT2D eigenvalue weighted by molar-refractivity contribution is 5.29. The Bertz CT molecular complexity index is 474. The molecule has 0 saturated carbocycles. The van der Waals surface area contributed by atoms with Crippen LogP contribution < -0.4 is 10.5 Å². The summed E-state index contributed by atoms with van der Waals surface area (Å²) < 4.78 is 10.8. The van der Waals surface area contributed by atoms with Gasteiger partial charge in [-0.2, -0.15) is 0 Å². The second kappa shape index (κ2) is 4.91. The third-order valence-electron chi connectivity index (χ3n) is 2.24. The van der Waals surface area contributed by atoms with E-state index in [2.05, 4.69) is 4.98 Å². The van der Waals surface area contributed by atoms with Gasteiger partial charge in [-0.15, -0.1) is 0 Å². The zero-order valence-electron chi connectivity index (χ0n) is 10.0. The summed E-state index contributed by atoms with van der Waals surface area (Å²) >= 11 is 0. The Morgan fingerprint density at radius 1 is 1.29 bits per heavy atom. The standard InChI is InChI=1S/C13H16N2O2/c1-9(2)16-11-5-3-10(4-6-11)7-12-8-15-13(14)17-12/h3-6,8-9H,7H2,1-2H3,(H2,14,15). The maximum Gasteiger partial charge on any atom is 0.292 e. The number of benzene rings is 1.